The smallest absolute Gasteiger partial charge is 0.0204 e. The minimum Gasteiger partial charge on any atom is -0.330 e. The van der Waals surface area contributed by atoms with Crippen LogP contribution < -0.4 is 5.73 Å². The van der Waals surface area contributed by atoms with Crippen LogP contribution in [0.2, 0.25) is 0 Å². The molecule has 1 saturated carbocycles. The minimum absolute atomic E-state index is 0.221. The van der Waals surface area contributed by atoms with Gasteiger partial charge in [-0.3, -0.25) is 0 Å². The first-order valence-electron chi connectivity index (χ1n) is 5.40. The molecule has 2 N–H and O–H groups in total. The normalized spacial score (nSPS) is 27.8. The van der Waals surface area contributed by atoms with Gasteiger partial charge in [-0.2, -0.15) is 0 Å². The van der Waals surface area contributed by atoms with Crippen LogP contribution in [0.1, 0.15) is 31.4 Å². The fraction of sp³-hybridized carbons (Fsp3) is 0.538. The van der Waals surface area contributed by atoms with E-state index in [1.54, 1.807) is 0 Å². The highest BCUT2D eigenvalue weighted by Crippen LogP contribution is 2.63. The van der Waals surface area contributed by atoms with Crippen LogP contribution in [-0.4, -0.2) is 6.54 Å². The van der Waals surface area contributed by atoms with Gasteiger partial charge in [-0.25, -0.2) is 0 Å². The molecule has 0 radical (unpaired) electrons. The monoisotopic (exact) mass is 267 g/mol. The van der Waals surface area contributed by atoms with Crippen LogP contribution >= 0.6 is 15.9 Å². The van der Waals surface area contributed by atoms with Crippen molar-refractivity contribution in [3.8, 4) is 0 Å². The SMILES string of the molecule is Cc1cc(C2(CN)CC2(C)C)ccc1Br. The molecule has 0 saturated heterocycles. The summed E-state index contributed by atoms with van der Waals surface area (Å²) < 4.78 is 1.18. The van der Waals surface area contributed by atoms with Crippen molar-refractivity contribution in [3.05, 3.63) is 33.8 Å². The summed E-state index contributed by atoms with van der Waals surface area (Å²) in [4.78, 5) is 0. The number of benzene rings is 1. The van der Waals surface area contributed by atoms with Crippen LogP contribution in [0.15, 0.2) is 22.7 Å². The first kappa shape index (κ1) is 11.2. The summed E-state index contributed by atoms with van der Waals surface area (Å²) in [7, 11) is 0. The van der Waals surface area contributed by atoms with Gasteiger partial charge in [0, 0.05) is 16.4 Å². The zero-order valence-corrected chi connectivity index (χ0v) is 11.2. The second kappa shape index (κ2) is 3.33. The van der Waals surface area contributed by atoms with Crippen molar-refractivity contribution in [2.24, 2.45) is 11.1 Å². The molecule has 1 aromatic carbocycles. The number of hydrogen-bond acceptors (Lipinski definition) is 1. The highest BCUT2D eigenvalue weighted by Gasteiger charge is 2.60. The summed E-state index contributed by atoms with van der Waals surface area (Å²) in [6.45, 7) is 7.49. The molecule has 1 nitrogen and oxygen atoms in total. The average Bonchev–Trinajstić information content (AvgIpc) is 2.75. The predicted octanol–water partition coefficient (Wildman–Crippen LogP) is 3.38. The molecule has 2 rings (SSSR count). The van der Waals surface area contributed by atoms with E-state index in [0.717, 1.165) is 6.54 Å². The maximum atomic E-state index is 5.95. The number of hydrogen-bond donors (Lipinski definition) is 1. The van der Waals surface area contributed by atoms with E-state index in [-0.39, 0.29) is 5.41 Å². The Morgan fingerprint density at radius 1 is 1.40 bits per heavy atom. The second-order valence-electron chi connectivity index (χ2n) is 5.31. The largest absolute Gasteiger partial charge is 0.330 e. The molecule has 15 heavy (non-hydrogen) atoms. The highest BCUT2D eigenvalue weighted by atomic mass is 79.9. The number of aryl methyl sites for hydroxylation is 1. The van der Waals surface area contributed by atoms with Crippen LogP contribution in [0.4, 0.5) is 0 Å². The van der Waals surface area contributed by atoms with Crippen LogP contribution in [0.25, 0.3) is 0 Å². The van der Waals surface area contributed by atoms with Crippen molar-refractivity contribution in [2.75, 3.05) is 6.54 Å². The molecule has 1 aliphatic carbocycles. The van der Waals surface area contributed by atoms with Crippen LogP contribution in [-0.2, 0) is 5.41 Å². The Bertz CT molecular complexity index is 398. The number of rotatable bonds is 2. The fourth-order valence-corrected chi connectivity index (χ4v) is 2.86. The van der Waals surface area contributed by atoms with Gasteiger partial charge >= 0.3 is 0 Å². The Hall–Kier alpha value is -0.340. The topological polar surface area (TPSA) is 26.0 Å². The van der Waals surface area contributed by atoms with Gasteiger partial charge in [0.15, 0.2) is 0 Å². The molecule has 1 aliphatic rings. The van der Waals surface area contributed by atoms with E-state index < -0.39 is 0 Å². The molecule has 1 aromatic rings. The van der Waals surface area contributed by atoms with E-state index in [1.165, 1.54) is 22.0 Å². The van der Waals surface area contributed by atoms with Gasteiger partial charge < -0.3 is 5.73 Å². The van der Waals surface area contributed by atoms with Crippen LogP contribution in [0, 0.1) is 12.3 Å². The molecule has 0 heterocycles. The van der Waals surface area contributed by atoms with E-state index in [4.69, 9.17) is 5.73 Å². The third-order valence-electron chi connectivity index (χ3n) is 3.97. The third-order valence-corrected chi connectivity index (χ3v) is 4.86. The molecule has 0 spiro atoms. The van der Waals surface area contributed by atoms with Crippen molar-refractivity contribution in [1.82, 2.24) is 0 Å². The van der Waals surface area contributed by atoms with Crippen molar-refractivity contribution >= 4 is 15.9 Å². The summed E-state index contributed by atoms with van der Waals surface area (Å²) in [6, 6.07) is 6.61. The molecule has 1 unspecified atom stereocenters. The quantitative estimate of drug-likeness (QED) is 0.874. The summed E-state index contributed by atoms with van der Waals surface area (Å²) in [5, 5.41) is 0. The van der Waals surface area contributed by atoms with Crippen molar-refractivity contribution in [3.63, 3.8) is 0 Å². The maximum absolute atomic E-state index is 5.95. The predicted molar refractivity (Wildman–Crippen MR) is 68.0 cm³/mol. The summed E-state index contributed by atoms with van der Waals surface area (Å²) in [6.07, 6.45) is 1.21. The lowest BCUT2D eigenvalue weighted by Gasteiger charge is -2.19. The Labute approximate surface area is 100 Å². The van der Waals surface area contributed by atoms with E-state index in [1.807, 2.05) is 0 Å². The molecular formula is C13H18BrN. The standard InChI is InChI=1S/C13H18BrN/c1-9-6-10(4-5-11(9)14)13(8-15)7-12(13,2)3/h4-6H,7-8,15H2,1-3H3. The second-order valence-corrected chi connectivity index (χ2v) is 6.17. The van der Waals surface area contributed by atoms with Crippen molar-refractivity contribution in [1.29, 1.82) is 0 Å². The van der Waals surface area contributed by atoms with Gasteiger partial charge in [0.1, 0.15) is 0 Å². The number of halogens is 1. The molecule has 1 atom stereocenters. The molecule has 2 heteroatoms. The summed E-state index contributed by atoms with van der Waals surface area (Å²) in [5.41, 5.74) is 9.23. The zero-order chi connectivity index (χ0) is 11.3. The van der Waals surface area contributed by atoms with E-state index >= 15 is 0 Å². The van der Waals surface area contributed by atoms with E-state index in [0.29, 0.717) is 5.41 Å². The Kier molecular flexibility index (Phi) is 2.47. The molecule has 0 aromatic heterocycles. The molecule has 0 aliphatic heterocycles. The van der Waals surface area contributed by atoms with Gasteiger partial charge in [0.2, 0.25) is 0 Å². The van der Waals surface area contributed by atoms with Gasteiger partial charge in [0.05, 0.1) is 0 Å². The maximum Gasteiger partial charge on any atom is 0.0204 e. The van der Waals surface area contributed by atoms with Crippen LogP contribution in [0.5, 0.6) is 0 Å². The molecule has 0 bridgehead atoms. The minimum atomic E-state index is 0.221. The van der Waals surface area contributed by atoms with Crippen molar-refractivity contribution < 1.29 is 0 Å². The lowest BCUT2D eigenvalue weighted by molar-refractivity contribution is 0.502. The first-order chi connectivity index (χ1) is 6.93. The Morgan fingerprint density at radius 2 is 2.00 bits per heavy atom. The van der Waals surface area contributed by atoms with Crippen molar-refractivity contribution in [2.45, 2.75) is 32.6 Å². The van der Waals surface area contributed by atoms with Gasteiger partial charge in [0.25, 0.3) is 0 Å². The summed E-state index contributed by atoms with van der Waals surface area (Å²) >= 11 is 3.54. The Morgan fingerprint density at radius 3 is 2.40 bits per heavy atom. The fourth-order valence-electron chi connectivity index (χ4n) is 2.61. The third kappa shape index (κ3) is 1.55. The summed E-state index contributed by atoms with van der Waals surface area (Å²) in [5.74, 6) is 0. The number of nitrogens with two attached hydrogens (primary N) is 1. The van der Waals surface area contributed by atoms with Gasteiger partial charge in [-0.1, -0.05) is 41.9 Å². The first-order valence-corrected chi connectivity index (χ1v) is 6.19. The Balaban J connectivity index is 2.42. The van der Waals surface area contributed by atoms with Gasteiger partial charge in [-0.05, 0) is 36.0 Å². The molecule has 1 fully saturated rings. The van der Waals surface area contributed by atoms with E-state index in [2.05, 4.69) is 54.9 Å². The van der Waals surface area contributed by atoms with Gasteiger partial charge in [-0.15, -0.1) is 0 Å². The van der Waals surface area contributed by atoms with E-state index in [9.17, 15) is 0 Å². The zero-order valence-electron chi connectivity index (χ0n) is 9.60. The lowest BCUT2D eigenvalue weighted by Crippen LogP contribution is -2.25. The molecule has 0 amide bonds. The lowest BCUT2D eigenvalue weighted by atomic mass is 9.87. The molecular weight excluding hydrogens is 250 g/mol. The van der Waals surface area contributed by atoms with Crippen LogP contribution in [0.3, 0.4) is 0 Å². The molecule has 82 valence electrons. The highest BCUT2D eigenvalue weighted by molar-refractivity contribution is 9.10. The average molecular weight is 268 g/mol.